The van der Waals surface area contributed by atoms with Crippen molar-refractivity contribution in [2.24, 2.45) is 0 Å². The van der Waals surface area contributed by atoms with Gasteiger partial charge in [-0.2, -0.15) is 0 Å². The van der Waals surface area contributed by atoms with Gasteiger partial charge in [-0.25, -0.2) is 4.98 Å². The van der Waals surface area contributed by atoms with Crippen LogP contribution in [-0.2, 0) is 0 Å². The smallest absolute Gasteiger partial charge is 0.163 e. The Morgan fingerprint density at radius 2 is 2.00 bits per heavy atom. The van der Waals surface area contributed by atoms with Crippen molar-refractivity contribution in [3.8, 4) is 0 Å². The Kier molecular flexibility index (Phi) is 3.84. The molecule has 0 aliphatic rings. The molecular weight excluding hydrogens is 268 g/mol. The van der Waals surface area contributed by atoms with Crippen molar-refractivity contribution in [1.82, 2.24) is 9.22 Å². The van der Waals surface area contributed by atoms with Gasteiger partial charge in [0, 0.05) is 16.5 Å². The van der Waals surface area contributed by atoms with Gasteiger partial charge in [0.15, 0.2) is 8.24 Å². The van der Waals surface area contributed by atoms with Crippen molar-refractivity contribution in [2.45, 2.75) is 50.7 Å². The van der Waals surface area contributed by atoms with Crippen LogP contribution in [0.2, 0.25) is 18.1 Å². The Balaban J connectivity index is 2.52. The summed E-state index contributed by atoms with van der Waals surface area (Å²) in [5.41, 5.74) is 1.15. The summed E-state index contributed by atoms with van der Waals surface area (Å²) in [6.07, 6.45) is 4.25. The summed E-state index contributed by atoms with van der Waals surface area (Å²) >= 11 is 1.85. The second-order valence-corrected chi connectivity index (χ2v) is 12.9. The van der Waals surface area contributed by atoms with Crippen molar-refractivity contribution in [2.75, 3.05) is 5.75 Å². The fourth-order valence-electron chi connectivity index (χ4n) is 2.06. The predicted molar refractivity (Wildman–Crippen MR) is 88.7 cm³/mol. The summed E-state index contributed by atoms with van der Waals surface area (Å²) in [7, 11) is -1.58. The Labute approximate surface area is 121 Å². The van der Waals surface area contributed by atoms with E-state index in [4.69, 9.17) is 4.98 Å². The summed E-state index contributed by atoms with van der Waals surface area (Å²) in [4.78, 5) is 5.98. The molecule has 4 heteroatoms. The molecule has 0 aliphatic heterocycles. The van der Waals surface area contributed by atoms with Gasteiger partial charge in [-0.15, -0.1) is 11.8 Å². The van der Waals surface area contributed by atoms with Crippen LogP contribution in [0.4, 0.5) is 0 Å². The maximum Gasteiger partial charge on any atom is 0.163 e. The van der Waals surface area contributed by atoms with Crippen LogP contribution in [-0.4, -0.2) is 23.2 Å². The normalized spacial score (nSPS) is 13.2. The molecule has 2 aromatic heterocycles. The van der Waals surface area contributed by atoms with Crippen LogP contribution in [0.5, 0.6) is 0 Å². The monoisotopic (exact) mass is 292 g/mol. The van der Waals surface area contributed by atoms with Gasteiger partial charge in [-0.1, -0.05) is 40.8 Å². The minimum Gasteiger partial charge on any atom is -0.359 e. The Morgan fingerprint density at radius 3 is 2.58 bits per heavy atom. The molecule has 0 radical (unpaired) electrons. The van der Waals surface area contributed by atoms with Gasteiger partial charge >= 0.3 is 0 Å². The third kappa shape index (κ3) is 2.61. The van der Waals surface area contributed by atoms with E-state index in [9.17, 15) is 0 Å². The molecule has 0 atom stereocenters. The van der Waals surface area contributed by atoms with Crippen molar-refractivity contribution in [3.63, 3.8) is 0 Å². The van der Waals surface area contributed by atoms with Crippen molar-refractivity contribution >= 4 is 31.0 Å². The minimum atomic E-state index is -1.58. The van der Waals surface area contributed by atoms with Crippen LogP contribution >= 0.6 is 11.8 Å². The summed E-state index contributed by atoms with van der Waals surface area (Å²) in [5, 5.41) is 1.58. The van der Waals surface area contributed by atoms with Crippen LogP contribution in [0.1, 0.15) is 27.7 Å². The number of rotatable bonds is 3. The SMILES string of the molecule is CCSc1cnc2c(ccn2[Si](C)(C)C(C)(C)C)c1. The summed E-state index contributed by atoms with van der Waals surface area (Å²) in [5.74, 6) is 1.09. The molecule has 0 fully saturated rings. The molecule has 0 aromatic carbocycles. The highest BCUT2D eigenvalue weighted by molar-refractivity contribution is 7.99. The maximum absolute atomic E-state index is 4.72. The lowest BCUT2D eigenvalue weighted by molar-refractivity contribution is 0.702. The third-order valence-electron chi connectivity index (χ3n) is 4.25. The number of thioether (sulfide) groups is 1. The van der Waals surface area contributed by atoms with E-state index in [0.29, 0.717) is 5.04 Å². The second kappa shape index (κ2) is 4.98. The van der Waals surface area contributed by atoms with Gasteiger partial charge in [0.2, 0.25) is 0 Å². The van der Waals surface area contributed by atoms with E-state index in [0.717, 1.165) is 11.4 Å². The minimum absolute atomic E-state index is 0.317. The van der Waals surface area contributed by atoms with Gasteiger partial charge in [0.05, 0.1) is 0 Å². The van der Waals surface area contributed by atoms with E-state index in [-0.39, 0.29) is 0 Å². The number of nitrogens with zero attached hydrogens (tertiary/aromatic N) is 2. The molecule has 2 nitrogen and oxygen atoms in total. The van der Waals surface area contributed by atoms with Crippen LogP contribution in [0, 0.1) is 0 Å². The number of pyridine rings is 1. The molecule has 19 heavy (non-hydrogen) atoms. The predicted octanol–water partition coefficient (Wildman–Crippen LogP) is 5.00. The van der Waals surface area contributed by atoms with Gasteiger partial charge in [-0.3, -0.25) is 0 Å². The van der Waals surface area contributed by atoms with Gasteiger partial charge in [0.25, 0.3) is 0 Å². The molecular formula is C15H24N2SSi. The first-order chi connectivity index (χ1) is 8.77. The zero-order chi connectivity index (χ0) is 14.3. The van der Waals surface area contributed by atoms with Crippen molar-refractivity contribution in [1.29, 1.82) is 0 Å². The molecule has 2 heterocycles. The Bertz CT molecular complexity index is 581. The Hall–Kier alpha value is -0.743. The number of aromatic nitrogens is 2. The van der Waals surface area contributed by atoms with Gasteiger partial charge < -0.3 is 4.23 Å². The first-order valence-electron chi connectivity index (χ1n) is 6.88. The van der Waals surface area contributed by atoms with E-state index < -0.39 is 8.24 Å². The maximum atomic E-state index is 4.72. The highest BCUT2D eigenvalue weighted by Gasteiger charge is 2.38. The Morgan fingerprint density at radius 1 is 1.32 bits per heavy atom. The van der Waals surface area contributed by atoms with Crippen LogP contribution in [0.15, 0.2) is 29.4 Å². The molecule has 0 aliphatic carbocycles. The summed E-state index contributed by atoms with van der Waals surface area (Å²) in [6, 6.07) is 4.47. The molecule has 0 saturated heterocycles. The average Bonchev–Trinajstić information content (AvgIpc) is 2.71. The molecule has 2 aromatic rings. The van der Waals surface area contributed by atoms with E-state index in [1.807, 2.05) is 18.0 Å². The second-order valence-electron chi connectivity index (χ2n) is 6.51. The molecule has 0 spiro atoms. The molecule has 0 bridgehead atoms. The summed E-state index contributed by atoms with van der Waals surface area (Å²) in [6.45, 7) is 14.0. The van der Waals surface area contributed by atoms with Gasteiger partial charge in [-0.05, 0) is 29.1 Å². The molecule has 0 amide bonds. The van der Waals surface area contributed by atoms with Crippen molar-refractivity contribution < 1.29 is 0 Å². The molecule has 0 N–H and O–H groups in total. The standard InChI is InChI=1S/C15H24N2SSi/c1-7-18-13-10-12-8-9-17(14(12)16-11-13)19(5,6)15(2,3)4/h8-11H,7H2,1-6H3. The quantitative estimate of drug-likeness (QED) is 0.585. The molecule has 0 saturated carbocycles. The number of hydrogen-bond donors (Lipinski definition) is 0. The van der Waals surface area contributed by atoms with Crippen molar-refractivity contribution in [3.05, 3.63) is 24.5 Å². The average molecular weight is 293 g/mol. The van der Waals surface area contributed by atoms with E-state index in [2.05, 4.69) is 63.4 Å². The first-order valence-corrected chi connectivity index (χ1v) is 10.8. The fraction of sp³-hybridized carbons (Fsp3) is 0.533. The zero-order valence-corrected chi connectivity index (χ0v) is 14.6. The summed E-state index contributed by atoms with van der Waals surface area (Å²) < 4.78 is 2.45. The van der Waals surface area contributed by atoms with E-state index in [1.165, 1.54) is 10.3 Å². The highest BCUT2D eigenvalue weighted by Crippen LogP contribution is 2.38. The van der Waals surface area contributed by atoms with Crippen LogP contribution < -0.4 is 0 Å². The van der Waals surface area contributed by atoms with Crippen LogP contribution in [0.3, 0.4) is 0 Å². The topological polar surface area (TPSA) is 17.8 Å². The molecule has 0 unspecified atom stereocenters. The highest BCUT2D eigenvalue weighted by atomic mass is 32.2. The lowest BCUT2D eigenvalue weighted by Crippen LogP contribution is -2.45. The largest absolute Gasteiger partial charge is 0.359 e. The van der Waals surface area contributed by atoms with Crippen LogP contribution in [0.25, 0.3) is 11.0 Å². The lowest BCUT2D eigenvalue weighted by Gasteiger charge is -2.38. The van der Waals surface area contributed by atoms with E-state index >= 15 is 0 Å². The number of hydrogen-bond acceptors (Lipinski definition) is 2. The fourth-order valence-corrected chi connectivity index (χ4v) is 4.62. The molecule has 104 valence electrons. The molecule has 2 rings (SSSR count). The van der Waals surface area contributed by atoms with E-state index in [1.54, 1.807) is 0 Å². The third-order valence-corrected chi connectivity index (χ3v) is 10.3. The zero-order valence-electron chi connectivity index (χ0n) is 12.8. The van der Waals surface area contributed by atoms with Gasteiger partial charge in [0.1, 0.15) is 5.65 Å². The lowest BCUT2D eigenvalue weighted by atomic mass is 10.2. The first kappa shape index (κ1) is 14.7. The number of fused-ring (bicyclic) bond motifs is 1.